The number of hydrogen-bond donors (Lipinski definition) is 1. The van der Waals surface area contributed by atoms with Crippen LogP contribution in [0.1, 0.15) is 11.1 Å². The Morgan fingerprint density at radius 3 is 2.38 bits per heavy atom. The van der Waals surface area contributed by atoms with Gasteiger partial charge in [0.15, 0.2) is 0 Å². The molecular formula is C26H22ClF3N4O2S. The summed E-state index contributed by atoms with van der Waals surface area (Å²) in [7, 11) is 3.08. The van der Waals surface area contributed by atoms with Crippen molar-refractivity contribution < 1.29 is 22.6 Å². The van der Waals surface area contributed by atoms with E-state index >= 15 is 8.78 Å². The lowest BCUT2D eigenvalue weighted by Gasteiger charge is -2.24. The second-order valence-corrected chi connectivity index (χ2v) is 9.20. The van der Waals surface area contributed by atoms with Gasteiger partial charge in [-0.05, 0) is 60.5 Å². The Morgan fingerprint density at radius 1 is 0.919 bits per heavy atom. The molecule has 1 heterocycles. The third-order valence-corrected chi connectivity index (χ3v) is 6.66. The second kappa shape index (κ2) is 12.1. The maximum Gasteiger partial charge on any atom is 0.143 e. The Kier molecular flexibility index (Phi) is 8.62. The van der Waals surface area contributed by atoms with E-state index in [-0.39, 0.29) is 29.2 Å². The lowest BCUT2D eigenvalue weighted by Crippen LogP contribution is -2.17. The largest absolute Gasteiger partial charge is 0.497 e. The minimum absolute atomic E-state index is 0.00207. The summed E-state index contributed by atoms with van der Waals surface area (Å²) in [6.07, 6.45) is 2.89. The Balaban J connectivity index is 1.58. The number of nitrogens with one attached hydrogen (secondary N) is 1. The first-order chi connectivity index (χ1) is 17.9. The first kappa shape index (κ1) is 26.4. The summed E-state index contributed by atoms with van der Waals surface area (Å²) in [5, 5.41) is 3.20. The van der Waals surface area contributed by atoms with Crippen LogP contribution >= 0.6 is 23.5 Å². The topological polar surface area (TPSA) is 59.5 Å². The number of hydrogen-bond acceptors (Lipinski definition) is 7. The Labute approximate surface area is 221 Å². The molecule has 4 rings (SSSR count). The van der Waals surface area contributed by atoms with Gasteiger partial charge in [-0.15, -0.1) is 0 Å². The number of anilines is 2. The summed E-state index contributed by atoms with van der Waals surface area (Å²) in [6, 6.07) is 13.4. The van der Waals surface area contributed by atoms with Gasteiger partial charge in [-0.2, -0.15) is 0 Å². The van der Waals surface area contributed by atoms with Crippen molar-refractivity contribution in [3.05, 3.63) is 101 Å². The van der Waals surface area contributed by atoms with Crippen LogP contribution in [0.25, 0.3) is 0 Å². The molecular weight excluding hydrogens is 525 g/mol. The summed E-state index contributed by atoms with van der Waals surface area (Å²) < 4.78 is 56.6. The van der Waals surface area contributed by atoms with Crippen LogP contribution in [0, 0.1) is 17.5 Å². The highest BCUT2D eigenvalue weighted by atomic mass is 35.5. The van der Waals surface area contributed by atoms with Crippen LogP contribution in [0.2, 0.25) is 5.02 Å². The van der Waals surface area contributed by atoms with Crippen molar-refractivity contribution in [3.63, 3.8) is 0 Å². The van der Waals surface area contributed by atoms with Gasteiger partial charge in [0.1, 0.15) is 46.0 Å². The number of methoxy groups -OCH3 is 2. The molecule has 37 heavy (non-hydrogen) atoms. The fourth-order valence-corrected chi connectivity index (χ4v) is 4.58. The van der Waals surface area contributed by atoms with Crippen molar-refractivity contribution in [3.8, 4) is 11.5 Å². The van der Waals surface area contributed by atoms with E-state index in [4.69, 9.17) is 21.1 Å². The van der Waals surface area contributed by atoms with E-state index in [1.807, 2.05) is 0 Å². The third-order valence-electron chi connectivity index (χ3n) is 5.32. The van der Waals surface area contributed by atoms with Crippen LogP contribution in [0.3, 0.4) is 0 Å². The van der Waals surface area contributed by atoms with Crippen molar-refractivity contribution >= 4 is 35.1 Å². The van der Waals surface area contributed by atoms with E-state index < -0.39 is 17.5 Å². The molecule has 1 aromatic heterocycles. The fourth-order valence-electron chi connectivity index (χ4n) is 3.46. The summed E-state index contributed by atoms with van der Waals surface area (Å²) in [5.74, 6) is -0.457. The molecule has 0 unspecified atom stereocenters. The average Bonchev–Trinajstić information content (AvgIpc) is 2.91. The standard InChI is InChI=1S/C26H22ClF3N4O2S/c1-35-20-5-3-16(24(12-20)36-2)14-34(25-7-8-31-15-33-25)37-26-22(29)10-19(11-23(26)30)32-13-17-9-18(27)4-6-21(17)28/h3-12,15,32H,13-14H2,1-2H3. The van der Waals surface area contributed by atoms with Crippen molar-refractivity contribution in [2.24, 2.45) is 0 Å². The lowest BCUT2D eigenvalue weighted by molar-refractivity contribution is 0.391. The molecule has 11 heteroatoms. The summed E-state index contributed by atoms with van der Waals surface area (Å²) >= 11 is 6.76. The van der Waals surface area contributed by atoms with E-state index in [2.05, 4.69) is 15.3 Å². The highest BCUT2D eigenvalue weighted by molar-refractivity contribution is 8.00. The number of halogens is 4. The van der Waals surface area contributed by atoms with Gasteiger partial charge in [0.05, 0.1) is 20.8 Å². The van der Waals surface area contributed by atoms with Crippen LogP contribution in [0.4, 0.5) is 24.7 Å². The van der Waals surface area contributed by atoms with Gasteiger partial charge >= 0.3 is 0 Å². The van der Waals surface area contributed by atoms with Crippen LogP contribution in [0.5, 0.6) is 11.5 Å². The van der Waals surface area contributed by atoms with Crippen LogP contribution in [-0.4, -0.2) is 24.2 Å². The Hall–Kier alpha value is -3.63. The summed E-state index contributed by atoms with van der Waals surface area (Å²) in [4.78, 5) is 7.93. The number of benzene rings is 3. The maximum atomic E-state index is 15.1. The van der Waals surface area contributed by atoms with E-state index in [0.717, 1.165) is 29.6 Å². The first-order valence-corrected chi connectivity index (χ1v) is 12.1. The quantitative estimate of drug-likeness (QED) is 0.217. The molecule has 0 fully saturated rings. The number of rotatable bonds is 10. The molecule has 0 spiro atoms. The maximum absolute atomic E-state index is 15.1. The third kappa shape index (κ3) is 6.58. The highest BCUT2D eigenvalue weighted by Crippen LogP contribution is 2.36. The van der Waals surface area contributed by atoms with Crippen molar-refractivity contribution in [2.45, 2.75) is 18.0 Å². The zero-order valence-electron chi connectivity index (χ0n) is 19.8. The minimum atomic E-state index is -0.792. The van der Waals surface area contributed by atoms with Crippen molar-refractivity contribution in [1.82, 2.24) is 9.97 Å². The number of ether oxygens (including phenoxy) is 2. The second-order valence-electron chi connectivity index (χ2n) is 7.73. The number of aromatic nitrogens is 2. The molecule has 1 N–H and O–H groups in total. The number of nitrogens with zero attached hydrogens (tertiary/aromatic N) is 3. The summed E-state index contributed by atoms with van der Waals surface area (Å²) in [5.41, 5.74) is 1.18. The minimum Gasteiger partial charge on any atom is -0.497 e. The first-order valence-electron chi connectivity index (χ1n) is 11.0. The van der Waals surface area contributed by atoms with Crippen molar-refractivity contribution in [2.75, 3.05) is 23.8 Å². The van der Waals surface area contributed by atoms with Gasteiger partial charge in [0.25, 0.3) is 0 Å². The Morgan fingerprint density at radius 2 is 1.70 bits per heavy atom. The van der Waals surface area contributed by atoms with Gasteiger partial charge in [-0.1, -0.05) is 11.6 Å². The van der Waals surface area contributed by atoms with Gasteiger partial charge < -0.3 is 14.8 Å². The fraction of sp³-hybridized carbons (Fsp3) is 0.154. The molecule has 192 valence electrons. The van der Waals surface area contributed by atoms with E-state index in [1.54, 1.807) is 35.7 Å². The smallest absolute Gasteiger partial charge is 0.143 e. The van der Waals surface area contributed by atoms with Gasteiger partial charge in [-0.3, -0.25) is 4.31 Å². The molecule has 0 aliphatic rings. The predicted octanol–water partition coefficient (Wildman–Crippen LogP) is 6.89. The molecule has 6 nitrogen and oxygen atoms in total. The molecule has 0 radical (unpaired) electrons. The predicted molar refractivity (Wildman–Crippen MR) is 139 cm³/mol. The SMILES string of the molecule is COc1ccc(CN(Sc2c(F)cc(NCc3cc(Cl)ccc3F)cc2F)c2ccncn2)c(OC)c1. The van der Waals surface area contributed by atoms with Crippen LogP contribution in [0.15, 0.2) is 72.0 Å². The molecule has 0 saturated carbocycles. The monoisotopic (exact) mass is 546 g/mol. The van der Waals surface area contributed by atoms with E-state index in [1.165, 1.54) is 37.8 Å². The van der Waals surface area contributed by atoms with E-state index in [9.17, 15) is 4.39 Å². The Bertz CT molecular complexity index is 1360. The van der Waals surface area contributed by atoms with Crippen LogP contribution in [-0.2, 0) is 13.1 Å². The molecule has 0 saturated heterocycles. The van der Waals surface area contributed by atoms with Crippen LogP contribution < -0.4 is 19.1 Å². The van der Waals surface area contributed by atoms with Gasteiger partial charge in [0, 0.05) is 40.6 Å². The van der Waals surface area contributed by atoms with Crippen molar-refractivity contribution in [1.29, 1.82) is 0 Å². The molecule has 4 aromatic rings. The lowest BCUT2D eigenvalue weighted by atomic mass is 10.2. The normalized spacial score (nSPS) is 10.8. The summed E-state index contributed by atoms with van der Waals surface area (Å²) in [6.45, 7) is 0.212. The molecule has 0 amide bonds. The zero-order valence-corrected chi connectivity index (χ0v) is 21.4. The highest BCUT2D eigenvalue weighted by Gasteiger charge is 2.20. The molecule has 0 aliphatic carbocycles. The van der Waals surface area contributed by atoms with E-state index in [0.29, 0.717) is 22.3 Å². The molecule has 3 aromatic carbocycles. The molecule has 0 atom stereocenters. The molecule has 0 aliphatic heterocycles. The zero-order chi connectivity index (χ0) is 26.4. The molecule has 0 bridgehead atoms. The van der Waals surface area contributed by atoms with Gasteiger partial charge in [0.2, 0.25) is 0 Å². The van der Waals surface area contributed by atoms with Gasteiger partial charge in [-0.25, -0.2) is 23.1 Å². The average molecular weight is 547 g/mol.